The van der Waals surface area contributed by atoms with Crippen LogP contribution >= 0.6 is 0 Å². The number of ether oxygens (including phenoxy) is 1. The van der Waals surface area contributed by atoms with Gasteiger partial charge in [0.25, 0.3) is 0 Å². The van der Waals surface area contributed by atoms with E-state index in [1.807, 2.05) is 0 Å². The quantitative estimate of drug-likeness (QED) is 0.825. The maximum Gasteiger partial charge on any atom is 0.215 e. The zero-order valence-corrected chi connectivity index (χ0v) is 13.5. The molecule has 3 atom stereocenters. The Morgan fingerprint density at radius 3 is 2.60 bits per heavy atom. The Bertz CT molecular complexity index is 393. The molecule has 2 aliphatic rings. The molecular weight excluding hydrogens is 276 g/mol. The summed E-state index contributed by atoms with van der Waals surface area (Å²) in [4.78, 5) is 0. The molecule has 0 aromatic rings. The molecule has 1 N–H and O–H groups in total. The van der Waals surface area contributed by atoms with Crippen molar-refractivity contribution >= 4 is 10.0 Å². The molecule has 118 valence electrons. The second-order valence-electron chi connectivity index (χ2n) is 6.16. The normalized spacial score (nSPS) is 33.2. The van der Waals surface area contributed by atoms with Crippen LogP contribution in [0.5, 0.6) is 0 Å². The number of rotatable bonds is 5. The summed E-state index contributed by atoms with van der Waals surface area (Å²) >= 11 is 0. The van der Waals surface area contributed by atoms with Crippen LogP contribution in [0.25, 0.3) is 0 Å². The van der Waals surface area contributed by atoms with Crippen molar-refractivity contribution in [3.8, 4) is 0 Å². The minimum Gasteiger partial charge on any atom is -0.379 e. The van der Waals surface area contributed by atoms with Gasteiger partial charge in [-0.15, -0.1) is 0 Å². The molecule has 6 heteroatoms. The van der Waals surface area contributed by atoms with E-state index in [1.165, 1.54) is 19.3 Å². The second kappa shape index (κ2) is 7.20. The first-order chi connectivity index (χ1) is 9.50. The summed E-state index contributed by atoms with van der Waals surface area (Å²) in [6.45, 7) is 7.16. The van der Waals surface area contributed by atoms with Crippen LogP contribution in [0.3, 0.4) is 0 Å². The van der Waals surface area contributed by atoms with E-state index in [0.29, 0.717) is 44.8 Å². The van der Waals surface area contributed by atoms with Crippen molar-refractivity contribution in [3.05, 3.63) is 0 Å². The van der Waals surface area contributed by atoms with Gasteiger partial charge >= 0.3 is 0 Å². The molecule has 20 heavy (non-hydrogen) atoms. The number of nitrogens with one attached hydrogen (secondary N) is 1. The first-order valence-electron chi connectivity index (χ1n) is 7.79. The van der Waals surface area contributed by atoms with Crippen LogP contribution < -0.4 is 5.32 Å². The largest absolute Gasteiger partial charge is 0.379 e. The Labute approximate surface area is 123 Å². The van der Waals surface area contributed by atoms with Gasteiger partial charge in [0.1, 0.15) is 0 Å². The molecule has 0 aromatic heterocycles. The first kappa shape index (κ1) is 16.2. The van der Waals surface area contributed by atoms with E-state index in [9.17, 15) is 8.42 Å². The van der Waals surface area contributed by atoms with E-state index in [2.05, 4.69) is 19.2 Å². The Balaban J connectivity index is 1.77. The van der Waals surface area contributed by atoms with Crippen molar-refractivity contribution in [2.45, 2.75) is 39.2 Å². The van der Waals surface area contributed by atoms with Gasteiger partial charge in [0.15, 0.2) is 0 Å². The molecule has 2 rings (SSSR count). The van der Waals surface area contributed by atoms with Crippen LogP contribution in [0.4, 0.5) is 0 Å². The Hall–Kier alpha value is -0.170. The standard InChI is InChI=1S/C14H28N2O3S/c1-12-4-3-5-14(13(12)2)15-6-11-20(17,18)16-7-9-19-10-8-16/h12-15H,3-11H2,1-2H3/t12-,13+,14-/m1/s1. The topological polar surface area (TPSA) is 58.6 Å². The van der Waals surface area contributed by atoms with Gasteiger partial charge in [-0.2, -0.15) is 4.31 Å². The lowest BCUT2D eigenvalue weighted by Crippen LogP contribution is -2.46. The van der Waals surface area contributed by atoms with Gasteiger partial charge < -0.3 is 10.1 Å². The Kier molecular flexibility index (Phi) is 5.84. The van der Waals surface area contributed by atoms with Gasteiger partial charge in [-0.25, -0.2) is 8.42 Å². The molecule has 1 aliphatic heterocycles. The van der Waals surface area contributed by atoms with E-state index < -0.39 is 10.0 Å². The SMILES string of the molecule is C[C@H]1[C@H](C)CCC[C@H]1NCCS(=O)(=O)N1CCOCC1. The van der Waals surface area contributed by atoms with E-state index in [0.717, 1.165) is 5.92 Å². The highest BCUT2D eigenvalue weighted by atomic mass is 32.2. The van der Waals surface area contributed by atoms with Crippen molar-refractivity contribution in [1.29, 1.82) is 0 Å². The molecule has 1 saturated carbocycles. The number of hydrogen-bond donors (Lipinski definition) is 1. The summed E-state index contributed by atoms with van der Waals surface area (Å²) in [5.74, 6) is 1.57. The molecule has 1 saturated heterocycles. The molecule has 0 unspecified atom stereocenters. The molecule has 1 heterocycles. The second-order valence-corrected chi connectivity index (χ2v) is 8.24. The number of nitrogens with zero attached hydrogens (tertiary/aromatic N) is 1. The van der Waals surface area contributed by atoms with Gasteiger partial charge in [0.2, 0.25) is 10.0 Å². The smallest absolute Gasteiger partial charge is 0.215 e. The summed E-state index contributed by atoms with van der Waals surface area (Å²) in [5.41, 5.74) is 0. The molecule has 2 fully saturated rings. The summed E-state index contributed by atoms with van der Waals surface area (Å²) in [5, 5.41) is 3.46. The highest BCUT2D eigenvalue weighted by Gasteiger charge is 2.28. The van der Waals surface area contributed by atoms with E-state index >= 15 is 0 Å². The fraction of sp³-hybridized carbons (Fsp3) is 1.00. The maximum absolute atomic E-state index is 12.2. The summed E-state index contributed by atoms with van der Waals surface area (Å²) in [7, 11) is -3.12. The average Bonchev–Trinajstić information content (AvgIpc) is 2.44. The third kappa shape index (κ3) is 4.16. The zero-order valence-electron chi connectivity index (χ0n) is 12.7. The predicted molar refractivity (Wildman–Crippen MR) is 80.1 cm³/mol. The van der Waals surface area contributed by atoms with Gasteiger partial charge in [-0.1, -0.05) is 26.7 Å². The molecule has 0 spiro atoms. The zero-order chi connectivity index (χ0) is 14.6. The lowest BCUT2D eigenvalue weighted by molar-refractivity contribution is 0.0730. The highest BCUT2D eigenvalue weighted by Crippen LogP contribution is 2.29. The summed E-state index contributed by atoms with van der Waals surface area (Å²) in [6, 6.07) is 0.471. The predicted octanol–water partition coefficient (Wildman–Crippen LogP) is 1.06. The van der Waals surface area contributed by atoms with Crippen molar-refractivity contribution in [2.24, 2.45) is 11.8 Å². The van der Waals surface area contributed by atoms with Crippen LogP contribution in [0.15, 0.2) is 0 Å². The van der Waals surface area contributed by atoms with Crippen molar-refractivity contribution in [3.63, 3.8) is 0 Å². The van der Waals surface area contributed by atoms with Crippen LogP contribution in [0.1, 0.15) is 33.1 Å². The number of sulfonamides is 1. The molecule has 0 bridgehead atoms. The fourth-order valence-corrected chi connectivity index (χ4v) is 4.54. The van der Waals surface area contributed by atoms with E-state index in [-0.39, 0.29) is 5.75 Å². The van der Waals surface area contributed by atoms with Gasteiger partial charge in [0.05, 0.1) is 19.0 Å². The van der Waals surface area contributed by atoms with Crippen molar-refractivity contribution in [1.82, 2.24) is 9.62 Å². The first-order valence-corrected chi connectivity index (χ1v) is 9.40. The molecular formula is C14H28N2O3S. The maximum atomic E-state index is 12.2. The monoisotopic (exact) mass is 304 g/mol. The molecule has 0 radical (unpaired) electrons. The van der Waals surface area contributed by atoms with Crippen LogP contribution in [0, 0.1) is 11.8 Å². The third-order valence-corrected chi connectivity index (χ3v) is 6.71. The van der Waals surface area contributed by atoms with Crippen LogP contribution in [0.2, 0.25) is 0 Å². The molecule has 0 amide bonds. The lowest BCUT2D eigenvalue weighted by Gasteiger charge is -2.35. The minimum atomic E-state index is -3.12. The fourth-order valence-electron chi connectivity index (χ4n) is 3.20. The van der Waals surface area contributed by atoms with Crippen molar-refractivity contribution < 1.29 is 13.2 Å². The molecule has 5 nitrogen and oxygen atoms in total. The lowest BCUT2D eigenvalue weighted by atomic mass is 9.78. The summed E-state index contributed by atoms with van der Waals surface area (Å²) < 4.78 is 31.2. The Morgan fingerprint density at radius 2 is 1.90 bits per heavy atom. The van der Waals surface area contributed by atoms with Crippen molar-refractivity contribution in [2.75, 3.05) is 38.6 Å². The average molecular weight is 304 g/mol. The minimum absolute atomic E-state index is 0.199. The molecule has 1 aliphatic carbocycles. The molecule has 0 aromatic carbocycles. The number of morpholine rings is 1. The van der Waals surface area contributed by atoms with Crippen LogP contribution in [-0.4, -0.2) is 57.4 Å². The third-order valence-electron chi connectivity index (χ3n) is 4.84. The van der Waals surface area contributed by atoms with E-state index in [4.69, 9.17) is 4.74 Å². The number of hydrogen-bond acceptors (Lipinski definition) is 4. The van der Waals surface area contributed by atoms with Gasteiger partial charge in [0, 0.05) is 25.7 Å². The highest BCUT2D eigenvalue weighted by molar-refractivity contribution is 7.89. The Morgan fingerprint density at radius 1 is 1.20 bits per heavy atom. The summed E-state index contributed by atoms with van der Waals surface area (Å²) in [6.07, 6.45) is 3.72. The van der Waals surface area contributed by atoms with Gasteiger partial charge in [-0.3, -0.25) is 0 Å². The van der Waals surface area contributed by atoms with Gasteiger partial charge in [-0.05, 0) is 18.3 Å². The van der Waals surface area contributed by atoms with Crippen LogP contribution in [-0.2, 0) is 14.8 Å². The van der Waals surface area contributed by atoms with E-state index in [1.54, 1.807) is 4.31 Å².